The number of halogens is 3. The van der Waals surface area contributed by atoms with Crippen molar-refractivity contribution >= 4 is 5.97 Å². The van der Waals surface area contributed by atoms with E-state index in [1.165, 1.54) is 17.7 Å². The van der Waals surface area contributed by atoms with Crippen LogP contribution in [0.25, 0.3) is 5.82 Å². The molecule has 1 aromatic carbocycles. The first kappa shape index (κ1) is 25.9. The number of rotatable bonds is 11. The Morgan fingerprint density at radius 3 is 2.40 bits per heavy atom. The summed E-state index contributed by atoms with van der Waals surface area (Å²) < 4.78 is 62.1. The third kappa shape index (κ3) is 6.87. The minimum atomic E-state index is -4.46. The number of carbonyl (C=O) groups is 1. The monoisotopic (exact) mass is 493 g/mol. The van der Waals surface area contributed by atoms with Gasteiger partial charge in [-0.3, -0.25) is 4.79 Å². The van der Waals surface area contributed by atoms with Crippen LogP contribution >= 0.6 is 0 Å². The molecule has 0 spiro atoms. The van der Waals surface area contributed by atoms with Gasteiger partial charge >= 0.3 is 12.1 Å². The number of benzene rings is 1. The van der Waals surface area contributed by atoms with Crippen LogP contribution in [-0.2, 0) is 17.4 Å². The zero-order chi connectivity index (χ0) is 25.4. The van der Waals surface area contributed by atoms with Gasteiger partial charge in [0.05, 0.1) is 25.4 Å². The lowest BCUT2D eigenvalue weighted by atomic mass is 10.2. The number of aryl methyl sites for hydroxylation is 1. The predicted molar refractivity (Wildman–Crippen MR) is 120 cm³/mol. The third-order valence-electron chi connectivity index (χ3n) is 4.68. The standard InChI is InChI=1S/C24H26F3N3O5/c1-4-32-19-9-6-10-20(35-16(3)31)22(19)34-13-7-8-17-15-30(29-23(17)33-5-2)21-12-11-18(14-28-21)24(25,26)27/h6,9-12,14-15H,4-5,7-8,13H2,1-3H3. The van der Waals surface area contributed by atoms with Crippen LogP contribution in [0.3, 0.4) is 0 Å². The van der Waals surface area contributed by atoms with Crippen LogP contribution in [0.4, 0.5) is 13.2 Å². The van der Waals surface area contributed by atoms with E-state index in [4.69, 9.17) is 18.9 Å². The normalized spacial score (nSPS) is 11.3. The number of nitrogens with zero attached hydrogens (tertiary/aromatic N) is 3. The molecule has 35 heavy (non-hydrogen) atoms. The maximum atomic E-state index is 12.8. The number of para-hydroxylation sites is 1. The number of hydrogen-bond acceptors (Lipinski definition) is 7. The van der Waals surface area contributed by atoms with Crippen molar-refractivity contribution in [3.63, 3.8) is 0 Å². The van der Waals surface area contributed by atoms with Crippen LogP contribution in [0.5, 0.6) is 23.1 Å². The summed E-state index contributed by atoms with van der Waals surface area (Å²) in [6.07, 6.45) is -0.977. The zero-order valence-electron chi connectivity index (χ0n) is 19.6. The van der Waals surface area contributed by atoms with Gasteiger partial charge in [0, 0.05) is 24.9 Å². The first-order valence-electron chi connectivity index (χ1n) is 11.0. The molecule has 188 valence electrons. The third-order valence-corrected chi connectivity index (χ3v) is 4.68. The Morgan fingerprint density at radius 1 is 1.03 bits per heavy atom. The average molecular weight is 493 g/mol. The minimum Gasteiger partial charge on any atom is -0.490 e. The molecule has 0 bridgehead atoms. The lowest BCUT2D eigenvalue weighted by Gasteiger charge is -2.15. The van der Waals surface area contributed by atoms with E-state index in [2.05, 4.69) is 10.1 Å². The number of carbonyl (C=O) groups excluding carboxylic acids is 1. The predicted octanol–water partition coefficient (Wildman–Crippen LogP) is 5.02. The van der Waals surface area contributed by atoms with Gasteiger partial charge in [-0.15, -0.1) is 5.10 Å². The highest BCUT2D eigenvalue weighted by molar-refractivity contribution is 5.71. The molecule has 0 aliphatic heterocycles. The number of ether oxygens (including phenoxy) is 4. The van der Waals surface area contributed by atoms with Crippen molar-refractivity contribution in [1.82, 2.24) is 14.8 Å². The summed E-state index contributed by atoms with van der Waals surface area (Å²) in [5, 5.41) is 4.32. The second-order valence-corrected chi connectivity index (χ2v) is 7.30. The molecular formula is C24H26F3N3O5. The Balaban J connectivity index is 1.70. The van der Waals surface area contributed by atoms with E-state index in [0.29, 0.717) is 43.4 Å². The Hall–Kier alpha value is -3.76. The molecule has 8 nitrogen and oxygen atoms in total. The largest absolute Gasteiger partial charge is 0.490 e. The van der Waals surface area contributed by atoms with E-state index in [1.54, 1.807) is 24.4 Å². The molecule has 11 heteroatoms. The van der Waals surface area contributed by atoms with E-state index < -0.39 is 17.7 Å². The van der Waals surface area contributed by atoms with Crippen LogP contribution in [0.15, 0.2) is 42.7 Å². The molecule has 0 aliphatic rings. The van der Waals surface area contributed by atoms with Gasteiger partial charge in [0.25, 0.3) is 0 Å². The van der Waals surface area contributed by atoms with Gasteiger partial charge in [-0.05, 0) is 51.0 Å². The van der Waals surface area contributed by atoms with Crippen molar-refractivity contribution in [3.8, 4) is 28.9 Å². The van der Waals surface area contributed by atoms with Crippen molar-refractivity contribution in [2.24, 2.45) is 0 Å². The molecule has 0 fully saturated rings. The summed E-state index contributed by atoms with van der Waals surface area (Å²) in [6.45, 7) is 6.00. The zero-order valence-corrected chi connectivity index (χ0v) is 19.6. The SMILES string of the molecule is CCOc1cccc(OC(C)=O)c1OCCCc1cn(-c2ccc(C(F)(F)F)cn2)nc1OCC. The van der Waals surface area contributed by atoms with E-state index in [9.17, 15) is 18.0 Å². The topological polar surface area (TPSA) is 84.7 Å². The van der Waals surface area contributed by atoms with Crippen LogP contribution in [0, 0.1) is 0 Å². The van der Waals surface area contributed by atoms with Crippen molar-refractivity contribution in [2.75, 3.05) is 19.8 Å². The van der Waals surface area contributed by atoms with E-state index in [1.807, 2.05) is 13.8 Å². The Labute approximate surface area is 200 Å². The molecule has 3 rings (SSSR count). The Morgan fingerprint density at radius 2 is 1.77 bits per heavy atom. The number of alkyl halides is 3. The fraction of sp³-hybridized carbons (Fsp3) is 0.375. The minimum absolute atomic E-state index is 0.234. The van der Waals surface area contributed by atoms with Crippen LogP contribution in [-0.4, -0.2) is 40.6 Å². The molecule has 2 aromatic heterocycles. The van der Waals surface area contributed by atoms with Crippen LogP contribution in [0.1, 0.15) is 38.3 Å². The molecule has 0 atom stereocenters. The van der Waals surface area contributed by atoms with Gasteiger partial charge in [0.2, 0.25) is 11.6 Å². The molecular weight excluding hydrogens is 467 g/mol. The molecule has 2 heterocycles. The highest BCUT2D eigenvalue weighted by atomic mass is 19.4. The Bertz CT molecular complexity index is 1130. The van der Waals surface area contributed by atoms with Gasteiger partial charge in [0.1, 0.15) is 0 Å². The maximum absolute atomic E-state index is 12.8. The van der Waals surface area contributed by atoms with E-state index in [0.717, 1.165) is 17.8 Å². The second kappa shape index (κ2) is 11.6. The van der Waals surface area contributed by atoms with Crippen molar-refractivity contribution in [1.29, 1.82) is 0 Å². The fourth-order valence-electron chi connectivity index (χ4n) is 3.21. The van der Waals surface area contributed by atoms with Crippen molar-refractivity contribution in [3.05, 3.63) is 53.9 Å². The second-order valence-electron chi connectivity index (χ2n) is 7.30. The summed E-state index contributed by atoms with van der Waals surface area (Å²) in [4.78, 5) is 15.3. The summed E-state index contributed by atoms with van der Waals surface area (Å²) in [5.74, 6) is 1.18. The molecule has 0 saturated carbocycles. The lowest BCUT2D eigenvalue weighted by molar-refractivity contribution is -0.138. The quantitative estimate of drug-likeness (QED) is 0.211. The first-order valence-corrected chi connectivity index (χ1v) is 11.0. The molecule has 0 N–H and O–H groups in total. The molecule has 0 aliphatic carbocycles. The van der Waals surface area contributed by atoms with Gasteiger partial charge in [-0.25, -0.2) is 9.67 Å². The van der Waals surface area contributed by atoms with Crippen molar-refractivity contribution in [2.45, 2.75) is 39.8 Å². The van der Waals surface area contributed by atoms with Gasteiger partial charge in [0.15, 0.2) is 17.3 Å². The molecule has 3 aromatic rings. The fourth-order valence-corrected chi connectivity index (χ4v) is 3.21. The molecule has 0 saturated heterocycles. The highest BCUT2D eigenvalue weighted by Gasteiger charge is 2.30. The van der Waals surface area contributed by atoms with Crippen LogP contribution in [0.2, 0.25) is 0 Å². The lowest BCUT2D eigenvalue weighted by Crippen LogP contribution is -2.07. The smallest absolute Gasteiger partial charge is 0.417 e. The van der Waals surface area contributed by atoms with E-state index in [-0.39, 0.29) is 18.2 Å². The number of pyridine rings is 1. The average Bonchev–Trinajstić information content (AvgIpc) is 3.20. The summed E-state index contributed by atoms with van der Waals surface area (Å²) in [7, 11) is 0. The highest BCUT2D eigenvalue weighted by Crippen LogP contribution is 2.37. The summed E-state index contributed by atoms with van der Waals surface area (Å²) >= 11 is 0. The van der Waals surface area contributed by atoms with Crippen LogP contribution < -0.4 is 18.9 Å². The van der Waals surface area contributed by atoms with E-state index >= 15 is 0 Å². The van der Waals surface area contributed by atoms with Gasteiger partial charge < -0.3 is 18.9 Å². The number of hydrogen-bond donors (Lipinski definition) is 0. The molecule has 0 amide bonds. The number of aromatic nitrogens is 3. The van der Waals surface area contributed by atoms with Crippen molar-refractivity contribution < 1.29 is 36.9 Å². The Kier molecular flexibility index (Phi) is 8.56. The number of esters is 1. The van der Waals surface area contributed by atoms with Gasteiger partial charge in [-0.2, -0.15) is 13.2 Å². The van der Waals surface area contributed by atoms with Gasteiger partial charge in [-0.1, -0.05) is 6.07 Å². The molecule has 0 radical (unpaired) electrons. The summed E-state index contributed by atoms with van der Waals surface area (Å²) in [6, 6.07) is 7.25. The molecule has 0 unspecified atom stereocenters. The maximum Gasteiger partial charge on any atom is 0.417 e. The summed E-state index contributed by atoms with van der Waals surface area (Å²) in [5.41, 5.74) is -0.0910. The first-order chi connectivity index (χ1) is 16.7.